The first-order valence-corrected chi connectivity index (χ1v) is 9.80. The molecule has 0 aliphatic carbocycles. The van der Waals surface area contributed by atoms with Crippen LogP contribution in [0.15, 0.2) is 65.3 Å². The molecule has 1 saturated heterocycles. The topological polar surface area (TPSA) is 88.9 Å². The molecule has 2 aromatic carbocycles. The van der Waals surface area contributed by atoms with Gasteiger partial charge in [0.15, 0.2) is 6.10 Å². The van der Waals surface area contributed by atoms with Crippen LogP contribution in [0.3, 0.4) is 0 Å². The number of fused-ring (bicyclic) bond motifs is 1. The molecule has 4 rings (SSSR count). The van der Waals surface area contributed by atoms with E-state index in [2.05, 4.69) is 5.32 Å². The molecule has 1 aliphatic heterocycles. The van der Waals surface area contributed by atoms with Gasteiger partial charge in [0, 0.05) is 18.7 Å². The lowest BCUT2D eigenvalue weighted by Gasteiger charge is -2.17. The van der Waals surface area contributed by atoms with Crippen LogP contribution in [0.4, 0.5) is 5.69 Å². The average molecular weight is 406 g/mol. The van der Waals surface area contributed by atoms with Gasteiger partial charge in [0.1, 0.15) is 5.76 Å². The second-order valence-corrected chi connectivity index (χ2v) is 7.38. The Morgan fingerprint density at radius 2 is 1.97 bits per heavy atom. The lowest BCUT2D eigenvalue weighted by Crippen LogP contribution is -2.33. The maximum atomic E-state index is 12.5. The van der Waals surface area contributed by atoms with Crippen LogP contribution >= 0.6 is 0 Å². The highest BCUT2D eigenvalue weighted by Gasteiger charge is 2.36. The van der Waals surface area contributed by atoms with Crippen LogP contribution < -0.4 is 5.32 Å². The summed E-state index contributed by atoms with van der Waals surface area (Å²) in [6.07, 6.45) is 0.633. The molecule has 7 nitrogen and oxygen atoms in total. The molecule has 7 heteroatoms. The predicted molar refractivity (Wildman–Crippen MR) is 110 cm³/mol. The summed E-state index contributed by atoms with van der Waals surface area (Å²) in [6.45, 7) is 2.08. The summed E-state index contributed by atoms with van der Waals surface area (Å²) in [7, 11) is 0. The van der Waals surface area contributed by atoms with Crippen LogP contribution in [-0.2, 0) is 25.7 Å². The van der Waals surface area contributed by atoms with Crippen LogP contribution in [0.5, 0.6) is 0 Å². The zero-order valence-electron chi connectivity index (χ0n) is 16.5. The number of ether oxygens (including phenoxy) is 1. The number of nitrogens with one attached hydrogen (secondary N) is 1. The number of hydrogen-bond acceptors (Lipinski definition) is 5. The summed E-state index contributed by atoms with van der Waals surface area (Å²) >= 11 is 0. The molecule has 2 unspecified atom stereocenters. The van der Waals surface area contributed by atoms with E-state index in [0.29, 0.717) is 18.0 Å². The third kappa shape index (κ3) is 4.35. The molecule has 1 aliphatic rings. The zero-order valence-corrected chi connectivity index (χ0v) is 16.5. The molecular formula is C23H22N2O5. The number of likely N-dealkylation sites (tertiary alicyclic amines) is 1. The largest absolute Gasteiger partial charge is 0.467 e. The van der Waals surface area contributed by atoms with Gasteiger partial charge >= 0.3 is 5.97 Å². The van der Waals surface area contributed by atoms with Gasteiger partial charge in [-0.05, 0) is 42.0 Å². The minimum atomic E-state index is -0.974. The third-order valence-electron chi connectivity index (χ3n) is 5.15. The first-order valence-electron chi connectivity index (χ1n) is 9.80. The zero-order chi connectivity index (χ0) is 21.1. The van der Waals surface area contributed by atoms with Gasteiger partial charge in [-0.15, -0.1) is 0 Å². The number of amides is 2. The van der Waals surface area contributed by atoms with E-state index in [9.17, 15) is 14.4 Å². The van der Waals surface area contributed by atoms with E-state index in [0.717, 1.165) is 10.8 Å². The van der Waals surface area contributed by atoms with Gasteiger partial charge in [-0.1, -0.05) is 30.3 Å². The fraction of sp³-hybridized carbons (Fsp3) is 0.261. The molecule has 2 atom stereocenters. The van der Waals surface area contributed by atoms with Gasteiger partial charge in [-0.2, -0.15) is 0 Å². The van der Waals surface area contributed by atoms with E-state index in [1.165, 1.54) is 13.2 Å². The molecular weight excluding hydrogens is 384 g/mol. The van der Waals surface area contributed by atoms with E-state index in [1.54, 1.807) is 23.1 Å². The summed E-state index contributed by atoms with van der Waals surface area (Å²) in [5, 5.41) is 4.84. The van der Waals surface area contributed by atoms with Crippen molar-refractivity contribution in [1.29, 1.82) is 0 Å². The Morgan fingerprint density at radius 3 is 2.73 bits per heavy atom. The Hall–Kier alpha value is -3.61. The molecule has 2 amide bonds. The first-order chi connectivity index (χ1) is 14.5. The molecule has 154 valence electrons. The monoisotopic (exact) mass is 406 g/mol. The van der Waals surface area contributed by atoms with Crippen molar-refractivity contribution in [2.45, 2.75) is 26.0 Å². The molecule has 3 aromatic rings. The van der Waals surface area contributed by atoms with Gasteiger partial charge in [0.2, 0.25) is 5.91 Å². The number of nitrogens with zero attached hydrogens (tertiary/aromatic N) is 1. The lowest BCUT2D eigenvalue weighted by molar-refractivity contribution is -0.157. The molecule has 0 spiro atoms. The van der Waals surface area contributed by atoms with E-state index < -0.39 is 23.9 Å². The van der Waals surface area contributed by atoms with Crippen molar-refractivity contribution in [3.63, 3.8) is 0 Å². The molecule has 0 radical (unpaired) electrons. The van der Waals surface area contributed by atoms with Crippen molar-refractivity contribution in [2.75, 3.05) is 11.9 Å². The van der Waals surface area contributed by atoms with Crippen LogP contribution in [0, 0.1) is 5.92 Å². The second-order valence-electron chi connectivity index (χ2n) is 7.38. The highest BCUT2D eigenvalue weighted by Crippen LogP contribution is 2.23. The van der Waals surface area contributed by atoms with Crippen molar-refractivity contribution < 1.29 is 23.5 Å². The van der Waals surface area contributed by atoms with E-state index in [4.69, 9.17) is 9.15 Å². The summed E-state index contributed by atoms with van der Waals surface area (Å²) in [5.74, 6) is -1.05. The second kappa shape index (κ2) is 8.41. The van der Waals surface area contributed by atoms with Crippen molar-refractivity contribution in [1.82, 2.24) is 4.90 Å². The van der Waals surface area contributed by atoms with E-state index >= 15 is 0 Å². The van der Waals surface area contributed by atoms with Crippen LogP contribution in [0.25, 0.3) is 10.8 Å². The van der Waals surface area contributed by atoms with Crippen molar-refractivity contribution in [2.24, 2.45) is 5.92 Å². The predicted octanol–water partition coefficient (Wildman–Crippen LogP) is 3.35. The number of carbonyl (C=O) groups excluding carboxylic acids is 3. The molecule has 1 fully saturated rings. The van der Waals surface area contributed by atoms with Crippen molar-refractivity contribution in [3.8, 4) is 0 Å². The number of benzene rings is 2. The van der Waals surface area contributed by atoms with Crippen molar-refractivity contribution in [3.05, 3.63) is 66.6 Å². The Morgan fingerprint density at radius 1 is 1.17 bits per heavy atom. The Kier molecular flexibility index (Phi) is 5.52. The number of rotatable bonds is 6. The molecule has 0 bridgehead atoms. The maximum absolute atomic E-state index is 12.5. The highest BCUT2D eigenvalue weighted by atomic mass is 16.5. The standard InChI is InChI=1S/C23H22N2O5/c1-15(22(27)24-19-9-8-16-5-2-3-6-17(16)11-19)30-23(28)18-12-21(26)25(13-18)14-20-7-4-10-29-20/h2-11,15,18H,12-14H2,1H3,(H,24,27). The smallest absolute Gasteiger partial charge is 0.312 e. The number of carbonyl (C=O) groups is 3. The first kappa shape index (κ1) is 19.7. The minimum Gasteiger partial charge on any atom is -0.467 e. The van der Waals surface area contributed by atoms with Gasteiger partial charge in [0.05, 0.1) is 18.7 Å². The molecule has 2 heterocycles. The van der Waals surface area contributed by atoms with Gasteiger partial charge < -0.3 is 19.4 Å². The lowest BCUT2D eigenvalue weighted by atomic mass is 10.1. The number of hydrogen-bond donors (Lipinski definition) is 1. The van der Waals surface area contributed by atoms with Gasteiger partial charge in [-0.25, -0.2) is 0 Å². The van der Waals surface area contributed by atoms with E-state index in [-0.39, 0.29) is 18.9 Å². The molecule has 1 aromatic heterocycles. The summed E-state index contributed by atoms with van der Waals surface area (Å²) in [5.41, 5.74) is 0.627. The summed E-state index contributed by atoms with van der Waals surface area (Å²) < 4.78 is 10.6. The molecule has 30 heavy (non-hydrogen) atoms. The van der Waals surface area contributed by atoms with Gasteiger partial charge in [-0.3, -0.25) is 14.4 Å². The van der Waals surface area contributed by atoms with Crippen LogP contribution in [-0.4, -0.2) is 35.3 Å². The fourth-order valence-electron chi connectivity index (χ4n) is 3.51. The Bertz CT molecular complexity index is 1080. The summed E-state index contributed by atoms with van der Waals surface area (Å²) in [4.78, 5) is 38.7. The SMILES string of the molecule is CC(OC(=O)C1CC(=O)N(Cc2ccco2)C1)C(=O)Nc1ccc2ccccc2c1. The normalized spacial score (nSPS) is 17.2. The number of furan rings is 1. The van der Waals surface area contributed by atoms with Crippen LogP contribution in [0.2, 0.25) is 0 Å². The Labute approximate surface area is 173 Å². The fourth-order valence-corrected chi connectivity index (χ4v) is 3.51. The third-order valence-corrected chi connectivity index (χ3v) is 5.15. The van der Waals surface area contributed by atoms with E-state index in [1.807, 2.05) is 36.4 Å². The van der Waals surface area contributed by atoms with Crippen LogP contribution in [0.1, 0.15) is 19.1 Å². The minimum absolute atomic E-state index is 0.0680. The highest BCUT2D eigenvalue weighted by molar-refractivity contribution is 5.97. The quantitative estimate of drug-likeness (QED) is 0.634. The van der Waals surface area contributed by atoms with Gasteiger partial charge in [0.25, 0.3) is 5.91 Å². The van der Waals surface area contributed by atoms with Crippen molar-refractivity contribution >= 4 is 34.2 Å². The maximum Gasteiger partial charge on any atom is 0.312 e. The number of esters is 1. The number of anilines is 1. The Balaban J connectivity index is 1.32. The summed E-state index contributed by atoms with van der Waals surface area (Å²) in [6, 6.07) is 16.9. The molecule has 0 saturated carbocycles. The average Bonchev–Trinajstić information content (AvgIpc) is 3.38. The molecule has 1 N–H and O–H groups in total.